The molecular weight excluding hydrogens is 480 g/mol. The molecule has 2 N–H and O–H groups in total. The molecule has 0 amide bonds. The van der Waals surface area contributed by atoms with Crippen molar-refractivity contribution in [1.82, 2.24) is 0 Å². The molecule has 0 aliphatic heterocycles. The molecule has 0 aromatic heterocycles. The zero-order valence-electron chi connectivity index (χ0n) is 2.28. The van der Waals surface area contributed by atoms with Crippen molar-refractivity contribution in [2.24, 2.45) is 0 Å². The fourth-order valence-electron chi connectivity index (χ4n) is 0. The molecule has 0 atom stereocenters. The minimum atomic E-state index is 0. The summed E-state index contributed by atoms with van der Waals surface area (Å²) in [7, 11) is 0. The van der Waals surface area contributed by atoms with Crippen molar-refractivity contribution in [3.63, 3.8) is 0 Å². The molecule has 0 unspecified atom stereocenters. The van der Waals surface area contributed by atoms with Crippen molar-refractivity contribution >= 4 is 48.9 Å². The Balaban J connectivity index is 0. The van der Waals surface area contributed by atoms with Crippen molar-refractivity contribution in [3.05, 3.63) is 0 Å². The van der Waals surface area contributed by atoms with Crippen molar-refractivity contribution in [3.8, 4) is 0 Å². The summed E-state index contributed by atoms with van der Waals surface area (Å²) in [6.45, 7) is 0. The Kier molecular flexibility index (Phi) is 101. The third kappa shape index (κ3) is 9.19. The van der Waals surface area contributed by atoms with Gasteiger partial charge in [-0.25, -0.2) is 0 Å². The fourth-order valence-corrected chi connectivity index (χ4v) is 0. The second-order valence-corrected chi connectivity index (χ2v) is 0. The van der Waals surface area contributed by atoms with Gasteiger partial charge in [-0.1, -0.05) is 0 Å². The largest absolute Gasteiger partial charge is 0.412 e. The number of hydrogen-bond donors (Lipinski definition) is 0. The van der Waals surface area contributed by atoms with E-state index in [2.05, 4.69) is 0 Å². The zero-order valence-corrected chi connectivity index (χ0v) is 13.7. The van der Waals surface area contributed by atoms with Gasteiger partial charge < -0.3 is 5.48 Å². The Morgan fingerprint density at radius 3 is 1.00 bits per heavy atom. The standard InChI is InChI=1S/Ba.H2O.U.Y/h;1H2;;. The molecule has 17 valence electrons. The van der Waals surface area contributed by atoms with E-state index in [1.807, 2.05) is 0 Å². The van der Waals surface area contributed by atoms with E-state index in [4.69, 9.17) is 0 Å². The Morgan fingerprint density at radius 2 is 1.00 bits per heavy atom. The van der Waals surface area contributed by atoms with Crippen molar-refractivity contribution in [2.45, 2.75) is 0 Å². The summed E-state index contributed by atoms with van der Waals surface area (Å²) in [4.78, 5) is 0. The van der Waals surface area contributed by atoms with Gasteiger partial charge >= 0.3 is 0 Å². The first-order valence-electron chi connectivity index (χ1n) is 0. The first kappa shape index (κ1) is 25.3. The summed E-state index contributed by atoms with van der Waals surface area (Å²) >= 11 is 0. The molecule has 0 aliphatic carbocycles. The van der Waals surface area contributed by atoms with E-state index >= 15 is 0 Å². The molecule has 0 aromatic carbocycles. The topological polar surface area (TPSA) is 31.5 Å². The molecule has 0 aliphatic rings. The van der Waals surface area contributed by atoms with Crippen LogP contribution in [0.4, 0.5) is 0 Å². The van der Waals surface area contributed by atoms with E-state index in [1.54, 1.807) is 0 Å². The normalized spacial score (nSPS) is 0. The molecule has 0 saturated carbocycles. The van der Waals surface area contributed by atoms with Gasteiger partial charge in [0.25, 0.3) is 0 Å². The second kappa shape index (κ2) is 15.9. The van der Waals surface area contributed by atoms with Crippen LogP contribution in [0.2, 0.25) is 0 Å². The number of rotatable bonds is 0. The van der Waals surface area contributed by atoms with Crippen LogP contribution in [0.25, 0.3) is 0 Å². The Labute approximate surface area is 115 Å². The molecule has 0 saturated heterocycles. The molecule has 0 heterocycles. The smallest absolute Gasteiger partial charge is 0 e. The van der Waals surface area contributed by atoms with Gasteiger partial charge in [0, 0.05) is 113 Å². The first-order chi connectivity index (χ1) is 0. The van der Waals surface area contributed by atoms with Gasteiger partial charge in [0.05, 0.1) is 0 Å². The Bertz CT molecular complexity index is 8.00. The maximum absolute atomic E-state index is 0. The average molecular weight is 482 g/mol. The summed E-state index contributed by atoms with van der Waals surface area (Å²) < 4.78 is 0. The van der Waals surface area contributed by atoms with Gasteiger partial charge in [-0.05, 0) is 0 Å². The predicted molar refractivity (Wildman–Crippen MR) is 9.37 cm³/mol. The fraction of sp³-hybridized carbons (Fsp3) is 0. The van der Waals surface area contributed by atoms with Crippen molar-refractivity contribution in [2.75, 3.05) is 0 Å². The van der Waals surface area contributed by atoms with E-state index < -0.39 is 0 Å². The van der Waals surface area contributed by atoms with Crippen LogP contribution in [0.3, 0.4) is 0 Å². The van der Waals surface area contributed by atoms with E-state index in [1.165, 1.54) is 0 Å². The van der Waals surface area contributed by atoms with E-state index in [0.29, 0.717) is 0 Å². The zero-order chi connectivity index (χ0) is 0. The number of hydrogen-bond acceptors (Lipinski definition) is 0. The molecule has 0 spiro atoms. The average Bonchev–Trinajstić information content (AvgIpc) is 0. The van der Waals surface area contributed by atoms with Gasteiger partial charge in [0.15, 0.2) is 0 Å². The van der Waals surface area contributed by atoms with Crippen LogP contribution in [0.5, 0.6) is 0 Å². The summed E-state index contributed by atoms with van der Waals surface area (Å²) in [5, 5.41) is 0. The molecule has 0 fully saturated rings. The molecule has 3 radical (unpaired) electrons. The molecule has 0 bridgehead atoms. The van der Waals surface area contributed by atoms with Crippen LogP contribution < -0.4 is 0 Å². The van der Waals surface area contributed by atoms with Crippen LogP contribution in [0.1, 0.15) is 0 Å². The minimum absolute atomic E-state index is 0. The van der Waals surface area contributed by atoms with Crippen LogP contribution >= 0.6 is 0 Å². The van der Waals surface area contributed by atoms with Crippen LogP contribution in [0, 0.1) is 31.1 Å². The monoisotopic (exact) mass is 483 g/mol. The quantitative estimate of drug-likeness (QED) is 0.389. The Morgan fingerprint density at radius 1 is 1.00 bits per heavy atom. The first-order valence-corrected chi connectivity index (χ1v) is 0. The van der Waals surface area contributed by atoms with Crippen LogP contribution in [0.15, 0.2) is 0 Å². The van der Waals surface area contributed by atoms with Crippen molar-refractivity contribution in [1.29, 1.82) is 0 Å². The van der Waals surface area contributed by atoms with Crippen LogP contribution in [-0.4, -0.2) is 54.4 Å². The summed E-state index contributed by atoms with van der Waals surface area (Å²) in [5.74, 6) is 0. The molecule has 0 rings (SSSR count). The third-order valence-corrected chi connectivity index (χ3v) is 0. The Hall–Kier alpha value is 3.69. The molecule has 1 nitrogen and oxygen atoms in total. The van der Waals surface area contributed by atoms with E-state index in [0.717, 1.165) is 0 Å². The van der Waals surface area contributed by atoms with Crippen LogP contribution in [-0.2, 0) is 32.7 Å². The van der Waals surface area contributed by atoms with Gasteiger partial charge in [-0.3, -0.25) is 0 Å². The second-order valence-electron chi connectivity index (χ2n) is 0. The summed E-state index contributed by atoms with van der Waals surface area (Å²) in [6, 6.07) is 0. The molecule has 4 heteroatoms. The van der Waals surface area contributed by atoms with Gasteiger partial charge in [0.2, 0.25) is 0 Å². The van der Waals surface area contributed by atoms with E-state index in [9.17, 15) is 0 Å². The SMILES string of the molecule is O.[Ba].[U].[Y]. The molecule has 4 heavy (non-hydrogen) atoms. The predicted octanol–water partition coefficient (Wildman–Crippen LogP) is -1.21. The third-order valence-electron chi connectivity index (χ3n) is 0. The van der Waals surface area contributed by atoms with Crippen molar-refractivity contribution < 1.29 is 69.3 Å². The molecule has 0 aromatic rings. The summed E-state index contributed by atoms with van der Waals surface area (Å²) in [5.41, 5.74) is 0. The maximum atomic E-state index is 0. The summed E-state index contributed by atoms with van der Waals surface area (Å²) in [6.07, 6.45) is 0. The molecular formula is H2BaOUY. The maximum Gasteiger partial charge on any atom is 0 e. The van der Waals surface area contributed by atoms with Gasteiger partial charge in [0.1, 0.15) is 0 Å². The van der Waals surface area contributed by atoms with E-state index in [-0.39, 0.29) is 118 Å². The van der Waals surface area contributed by atoms with Gasteiger partial charge in [-0.15, -0.1) is 0 Å². The van der Waals surface area contributed by atoms with Gasteiger partial charge in [-0.2, -0.15) is 0 Å². The minimum Gasteiger partial charge on any atom is -0.412 e.